The van der Waals surface area contributed by atoms with Crippen molar-refractivity contribution in [1.82, 2.24) is 4.90 Å². The summed E-state index contributed by atoms with van der Waals surface area (Å²) < 4.78 is 0. The Bertz CT molecular complexity index is 1070. The van der Waals surface area contributed by atoms with E-state index in [-0.39, 0.29) is 11.7 Å². The fourth-order valence-electron chi connectivity index (χ4n) is 4.00. The Hall–Kier alpha value is -3.18. The molecule has 0 saturated heterocycles. The lowest BCUT2D eigenvalue weighted by atomic mass is 10.0. The van der Waals surface area contributed by atoms with Gasteiger partial charge in [-0.2, -0.15) is 0 Å². The SMILES string of the molecule is CC(=O)c1ccc2cc(N(C)CC(=O)N(CCCN)CCCCc3ccccc3)ccc2c1. The highest BCUT2D eigenvalue weighted by atomic mass is 16.2. The fraction of sp³-hybridized carbons (Fsp3) is 0.357. The number of Topliss-reactive ketones (excluding diaryl/α,β-unsaturated/α-hetero) is 1. The minimum absolute atomic E-state index is 0.0602. The Kier molecular flexibility index (Phi) is 9.02. The number of rotatable bonds is 12. The topological polar surface area (TPSA) is 66.6 Å². The highest BCUT2D eigenvalue weighted by Crippen LogP contribution is 2.23. The van der Waals surface area contributed by atoms with Gasteiger partial charge in [0.15, 0.2) is 5.78 Å². The monoisotopic (exact) mass is 445 g/mol. The van der Waals surface area contributed by atoms with Crippen molar-refractivity contribution in [2.24, 2.45) is 5.73 Å². The van der Waals surface area contributed by atoms with Crippen LogP contribution in [0.3, 0.4) is 0 Å². The lowest BCUT2D eigenvalue weighted by molar-refractivity contribution is -0.129. The molecule has 0 aliphatic rings. The molecule has 0 fully saturated rings. The van der Waals surface area contributed by atoms with Crippen LogP contribution in [0.1, 0.15) is 42.1 Å². The molecule has 174 valence electrons. The molecular formula is C28H35N3O2. The zero-order chi connectivity index (χ0) is 23.6. The standard InChI is InChI=1S/C28H35N3O2/c1-22(32)24-12-13-26-20-27(15-14-25(26)19-24)30(2)21-28(33)31(18-8-16-29)17-7-6-11-23-9-4-3-5-10-23/h3-5,9-10,12-15,19-20H,6-8,11,16-18,21,29H2,1-2H3. The number of fused-ring (bicyclic) bond motifs is 1. The molecule has 3 aromatic carbocycles. The van der Waals surface area contributed by atoms with Crippen LogP contribution in [0.15, 0.2) is 66.7 Å². The molecule has 0 atom stereocenters. The van der Waals surface area contributed by atoms with Gasteiger partial charge in [-0.25, -0.2) is 0 Å². The quantitative estimate of drug-likeness (QED) is 0.325. The Labute approximate surface area is 197 Å². The molecule has 3 aromatic rings. The van der Waals surface area contributed by atoms with Gasteiger partial charge in [0.05, 0.1) is 6.54 Å². The third-order valence-electron chi connectivity index (χ3n) is 6.01. The largest absolute Gasteiger partial charge is 0.365 e. The van der Waals surface area contributed by atoms with Crippen molar-refractivity contribution in [2.45, 2.75) is 32.6 Å². The molecule has 3 rings (SSSR count). The summed E-state index contributed by atoms with van der Waals surface area (Å²) in [5, 5.41) is 2.08. The van der Waals surface area contributed by atoms with E-state index in [1.54, 1.807) is 6.92 Å². The first-order chi connectivity index (χ1) is 16.0. The smallest absolute Gasteiger partial charge is 0.242 e. The zero-order valence-corrected chi connectivity index (χ0v) is 19.8. The van der Waals surface area contributed by atoms with Gasteiger partial charge in [0, 0.05) is 31.4 Å². The van der Waals surface area contributed by atoms with Crippen molar-refractivity contribution in [1.29, 1.82) is 0 Å². The normalized spacial score (nSPS) is 10.9. The second-order valence-electron chi connectivity index (χ2n) is 8.62. The lowest BCUT2D eigenvalue weighted by Gasteiger charge is -2.27. The number of anilines is 1. The number of hydrogen-bond donors (Lipinski definition) is 1. The molecule has 5 nitrogen and oxygen atoms in total. The van der Waals surface area contributed by atoms with Crippen LogP contribution < -0.4 is 10.6 Å². The Morgan fingerprint density at radius 2 is 1.55 bits per heavy atom. The van der Waals surface area contributed by atoms with Crippen LogP contribution in [0.4, 0.5) is 5.69 Å². The molecule has 0 bridgehead atoms. The van der Waals surface area contributed by atoms with E-state index < -0.39 is 0 Å². The van der Waals surface area contributed by atoms with Crippen molar-refractivity contribution in [3.8, 4) is 0 Å². The number of amides is 1. The maximum absolute atomic E-state index is 13.1. The number of benzene rings is 3. The first-order valence-corrected chi connectivity index (χ1v) is 11.8. The van der Waals surface area contributed by atoms with Gasteiger partial charge >= 0.3 is 0 Å². The summed E-state index contributed by atoms with van der Waals surface area (Å²) >= 11 is 0. The predicted octanol–water partition coefficient (Wildman–Crippen LogP) is 4.68. The van der Waals surface area contributed by atoms with E-state index >= 15 is 0 Å². The number of nitrogens with zero attached hydrogens (tertiary/aromatic N) is 2. The van der Waals surface area contributed by atoms with Gasteiger partial charge in [-0.3, -0.25) is 9.59 Å². The molecule has 0 aromatic heterocycles. The van der Waals surface area contributed by atoms with Gasteiger partial charge in [-0.1, -0.05) is 48.5 Å². The van der Waals surface area contributed by atoms with E-state index in [4.69, 9.17) is 5.73 Å². The maximum atomic E-state index is 13.1. The summed E-state index contributed by atoms with van der Waals surface area (Å²) in [6.45, 7) is 3.93. The van der Waals surface area contributed by atoms with Crippen LogP contribution in [0.5, 0.6) is 0 Å². The van der Waals surface area contributed by atoms with E-state index in [9.17, 15) is 9.59 Å². The van der Waals surface area contributed by atoms with Crippen LogP contribution in [0.2, 0.25) is 0 Å². The summed E-state index contributed by atoms with van der Waals surface area (Å²) in [5.41, 5.74) is 8.74. The summed E-state index contributed by atoms with van der Waals surface area (Å²) in [6.07, 6.45) is 3.87. The molecule has 5 heteroatoms. The first kappa shape index (κ1) is 24.5. The summed E-state index contributed by atoms with van der Waals surface area (Å²) in [4.78, 5) is 28.7. The van der Waals surface area contributed by atoms with Gasteiger partial charge in [-0.15, -0.1) is 0 Å². The van der Waals surface area contributed by atoms with Crippen LogP contribution >= 0.6 is 0 Å². The molecule has 2 N–H and O–H groups in total. The summed E-state index contributed by atoms with van der Waals surface area (Å²) in [5.74, 6) is 0.183. The van der Waals surface area contributed by atoms with E-state index in [1.807, 2.05) is 53.2 Å². The van der Waals surface area contributed by atoms with Crippen molar-refractivity contribution >= 4 is 28.2 Å². The molecule has 1 amide bonds. The van der Waals surface area contributed by atoms with Gasteiger partial charge < -0.3 is 15.5 Å². The van der Waals surface area contributed by atoms with E-state index in [0.717, 1.165) is 48.7 Å². The predicted molar refractivity (Wildman–Crippen MR) is 137 cm³/mol. The van der Waals surface area contributed by atoms with E-state index in [2.05, 4.69) is 30.3 Å². The molecule has 0 unspecified atom stereocenters. The molecule has 0 heterocycles. The number of hydrogen-bond acceptors (Lipinski definition) is 4. The van der Waals surface area contributed by atoms with Crippen molar-refractivity contribution < 1.29 is 9.59 Å². The molecule has 0 radical (unpaired) electrons. The van der Waals surface area contributed by atoms with Crippen LogP contribution in [0.25, 0.3) is 10.8 Å². The van der Waals surface area contributed by atoms with Gasteiger partial charge in [0.1, 0.15) is 0 Å². The second-order valence-corrected chi connectivity index (χ2v) is 8.62. The zero-order valence-electron chi connectivity index (χ0n) is 19.8. The third-order valence-corrected chi connectivity index (χ3v) is 6.01. The van der Waals surface area contributed by atoms with Crippen molar-refractivity contribution in [3.05, 3.63) is 77.9 Å². The number of ketones is 1. The Morgan fingerprint density at radius 3 is 2.27 bits per heavy atom. The average molecular weight is 446 g/mol. The van der Waals surface area contributed by atoms with Crippen molar-refractivity contribution in [3.63, 3.8) is 0 Å². The molecule has 0 aliphatic heterocycles. The van der Waals surface area contributed by atoms with E-state index in [1.165, 1.54) is 5.56 Å². The van der Waals surface area contributed by atoms with Crippen LogP contribution in [0, 0.1) is 0 Å². The average Bonchev–Trinajstić information content (AvgIpc) is 2.83. The number of carbonyl (C=O) groups is 2. The number of nitrogens with two attached hydrogens (primary N) is 1. The number of likely N-dealkylation sites (N-methyl/N-ethyl adjacent to an activating group) is 1. The summed E-state index contributed by atoms with van der Waals surface area (Å²) in [6, 6.07) is 22.3. The molecule has 0 saturated carbocycles. The number of unbranched alkanes of at least 4 members (excludes halogenated alkanes) is 1. The molecule has 0 spiro atoms. The lowest BCUT2D eigenvalue weighted by Crippen LogP contribution is -2.40. The highest BCUT2D eigenvalue weighted by molar-refractivity contribution is 5.99. The second kappa shape index (κ2) is 12.2. The Morgan fingerprint density at radius 1 is 0.848 bits per heavy atom. The van der Waals surface area contributed by atoms with Gasteiger partial charge in [0.2, 0.25) is 5.91 Å². The number of carbonyl (C=O) groups excluding carboxylic acids is 2. The first-order valence-electron chi connectivity index (χ1n) is 11.8. The van der Waals surface area contributed by atoms with Crippen molar-refractivity contribution in [2.75, 3.05) is 38.1 Å². The summed E-state index contributed by atoms with van der Waals surface area (Å²) in [7, 11) is 1.94. The molecule has 33 heavy (non-hydrogen) atoms. The molecular weight excluding hydrogens is 410 g/mol. The maximum Gasteiger partial charge on any atom is 0.242 e. The number of aryl methyl sites for hydroxylation is 1. The van der Waals surface area contributed by atoms with E-state index in [0.29, 0.717) is 25.2 Å². The minimum Gasteiger partial charge on any atom is -0.365 e. The van der Waals surface area contributed by atoms with Gasteiger partial charge in [-0.05, 0) is 73.7 Å². The van der Waals surface area contributed by atoms with Gasteiger partial charge in [0.25, 0.3) is 0 Å². The molecule has 0 aliphatic carbocycles. The van der Waals surface area contributed by atoms with Crippen LogP contribution in [-0.4, -0.2) is 49.8 Å². The highest BCUT2D eigenvalue weighted by Gasteiger charge is 2.16. The van der Waals surface area contributed by atoms with Crippen LogP contribution in [-0.2, 0) is 11.2 Å². The minimum atomic E-state index is 0.0602. The third kappa shape index (κ3) is 7.16. The Balaban J connectivity index is 1.59. The fourth-order valence-corrected chi connectivity index (χ4v) is 4.00.